The topological polar surface area (TPSA) is 81.2 Å². The van der Waals surface area contributed by atoms with Gasteiger partial charge in [-0.15, -0.1) is 0 Å². The summed E-state index contributed by atoms with van der Waals surface area (Å²) in [5, 5.41) is 7.36. The zero-order valence-corrected chi connectivity index (χ0v) is 20.9. The Balaban J connectivity index is 0.000000257. The van der Waals surface area contributed by atoms with Crippen LogP contribution in [-0.2, 0) is 14.9 Å². The third kappa shape index (κ3) is 6.26. The van der Waals surface area contributed by atoms with Gasteiger partial charge in [-0.2, -0.15) is 0 Å². The van der Waals surface area contributed by atoms with Crippen molar-refractivity contribution in [3.63, 3.8) is 0 Å². The highest BCUT2D eigenvalue weighted by Gasteiger charge is 2.33. The van der Waals surface area contributed by atoms with Gasteiger partial charge < -0.3 is 19.3 Å². The van der Waals surface area contributed by atoms with Crippen LogP contribution in [0.1, 0.15) is 37.8 Å². The van der Waals surface area contributed by atoms with Crippen molar-refractivity contribution in [1.82, 2.24) is 5.16 Å². The van der Waals surface area contributed by atoms with Gasteiger partial charge in [0.25, 0.3) is 0 Å². The maximum Gasteiger partial charge on any atom is 0.220 e. The molecule has 33 heavy (non-hydrogen) atoms. The van der Waals surface area contributed by atoms with E-state index < -0.39 is 0 Å². The van der Waals surface area contributed by atoms with Crippen molar-refractivity contribution in [2.24, 2.45) is 15.9 Å². The number of anilines is 1. The summed E-state index contributed by atoms with van der Waals surface area (Å²) in [6.07, 6.45) is 3.85. The van der Waals surface area contributed by atoms with Crippen LogP contribution in [0.4, 0.5) is 5.69 Å². The molecule has 1 aromatic heterocycles. The number of benzene rings is 1. The van der Waals surface area contributed by atoms with Gasteiger partial charge in [0.1, 0.15) is 11.6 Å². The van der Waals surface area contributed by atoms with Gasteiger partial charge >= 0.3 is 0 Å². The number of nitrogens with one attached hydrogen (secondary N) is 1. The molecule has 0 fully saturated rings. The van der Waals surface area contributed by atoms with Crippen molar-refractivity contribution in [1.29, 1.82) is 0 Å². The van der Waals surface area contributed by atoms with Crippen LogP contribution in [0.15, 0.2) is 68.5 Å². The lowest BCUT2D eigenvalue weighted by molar-refractivity contribution is 0.212. The van der Waals surface area contributed by atoms with Gasteiger partial charge in [0.05, 0.1) is 31.9 Å². The highest BCUT2D eigenvalue weighted by Crippen LogP contribution is 2.30. The minimum Gasteiger partial charge on any atom is -0.493 e. The Morgan fingerprint density at radius 3 is 2.15 bits per heavy atom. The minimum atomic E-state index is -0.165. The van der Waals surface area contributed by atoms with Crippen molar-refractivity contribution in [3.8, 4) is 0 Å². The molecule has 1 aliphatic carbocycles. The van der Waals surface area contributed by atoms with E-state index >= 15 is 0 Å². The zero-order chi connectivity index (χ0) is 24.2. The molecule has 2 aliphatic rings. The number of halogens is 1. The molecular weight excluding hydrogens is 440 g/mol. The Kier molecular flexibility index (Phi) is 7.64. The van der Waals surface area contributed by atoms with E-state index in [9.17, 15) is 0 Å². The molecule has 176 valence electrons. The first-order valence-electron chi connectivity index (χ1n) is 10.7. The van der Waals surface area contributed by atoms with Crippen molar-refractivity contribution in [2.75, 3.05) is 19.5 Å². The Bertz CT molecular complexity index is 1090. The standard InChI is InChI=1S/C17H18ClN3O2.C8H13NO/c1-10-4-6-11(7-5-10)19-16-12-8-14(22-2)15(23-3)9-13(12)20-17(18)21-16;1-6-5-7(10-9-6)8(2,3)4/h4-9,12-13H,1-3H3,(H,19,20,21);5H,1-4H3. The first-order chi connectivity index (χ1) is 15.6. The summed E-state index contributed by atoms with van der Waals surface area (Å²) in [5.41, 5.74) is 3.19. The average Bonchev–Trinajstić information content (AvgIpc) is 3.22. The number of aromatic nitrogens is 1. The van der Waals surface area contributed by atoms with Gasteiger partial charge in [-0.25, -0.2) is 9.98 Å². The molecule has 1 N–H and O–H groups in total. The molecule has 2 atom stereocenters. The number of nitrogens with zero attached hydrogens (tertiary/aromatic N) is 3. The number of hydrogen-bond donors (Lipinski definition) is 1. The number of amidine groups is 2. The maximum absolute atomic E-state index is 6.08. The van der Waals surface area contributed by atoms with Crippen LogP contribution < -0.4 is 5.32 Å². The van der Waals surface area contributed by atoms with E-state index in [1.165, 1.54) is 5.56 Å². The molecule has 7 nitrogen and oxygen atoms in total. The van der Waals surface area contributed by atoms with Gasteiger partial charge in [-0.3, -0.25) is 0 Å². The monoisotopic (exact) mass is 470 g/mol. The predicted octanol–water partition coefficient (Wildman–Crippen LogP) is 5.75. The van der Waals surface area contributed by atoms with Crippen molar-refractivity contribution in [2.45, 2.75) is 46.1 Å². The molecule has 8 heteroatoms. The lowest BCUT2D eigenvalue weighted by Gasteiger charge is -2.29. The molecule has 4 rings (SSSR count). The minimum absolute atomic E-state index is 0.0762. The number of hydrogen-bond acceptors (Lipinski definition) is 7. The molecule has 2 aromatic rings. The van der Waals surface area contributed by atoms with E-state index in [-0.39, 0.29) is 22.7 Å². The number of ether oxygens (including phenoxy) is 2. The molecule has 0 radical (unpaired) electrons. The highest BCUT2D eigenvalue weighted by atomic mass is 35.5. The van der Waals surface area contributed by atoms with E-state index in [0.29, 0.717) is 11.5 Å². The van der Waals surface area contributed by atoms with E-state index in [2.05, 4.69) is 41.2 Å². The van der Waals surface area contributed by atoms with E-state index in [0.717, 1.165) is 23.0 Å². The summed E-state index contributed by atoms with van der Waals surface area (Å²) in [4.78, 5) is 8.73. The molecule has 2 heterocycles. The Hall–Kier alpha value is -3.06. The summed E-state index contributed by atoms with van der Waals surface area (Å²) in [7, 11) is 3.22. The smallest absolute Gasteiger partial charge is 0.220 e. The normalized spacial score (nSPS) is 19.6. The van der Waals surface area contributed by atoms with Crippen molar-refractivity contribution in [3.05, 3.63) is 71.0 Å². The van der Waals surface area contributed by atoms with E-state index in [1.54, 1.807) is 14.2 Å². The van der Waals surface area contributed by atoms with Crippen LogP contribution in [0.25, 0.3) is 0 Å². The molecule has 2 unspecified atom stereocenters. The third-order valence-corrected chi connectivity index (χ3v) is 5.36. The van der Waals surface area contributed by atoms with Crippen LogP contribution in [0, 0.1) is 19.8 Å². The van der Waals surface area contributed by atoms with Crippen LogP contribution >= 0.6 is 11.6 Å². The van der Waals surface area contributed by atoms with Crippen LogP contribution in [-0.4, -0.2) is 36.5 Å². The zero-order valence-electron chi connectivity index (χ0n) is 20.1. The average molecular weight is 471 g/mol. The number of aryl methyl sites for hydroxylation is 2. The Labute approximate surface area is 200 Å². The summed E-state index contributed by atoms with van der Waals surface area (Å²) < 4.78 is 15.8. The number of aliphatic imine (C=N–C) groups is 2. The molecule has 0 amide bonds. The second-order valence-corrected chi connectivity index (χ2v) is 9.29. The van der Waals surface area contributed by atoms with Crippen molar-refractivity contribution >= 4 is 28.4 Å². The molecule has 0 saturated heterocycles. The summed E-state index contributed by atoms with van der Waals surface area (Å²) in [6, 6.07) is 9.90. The lowest BCUT2D eigenvalue weighted by Crippen LogP contribution is -2.36. The second-order valence-electron chi connectivity index (χ2n) is 8.96. The van der Waals surface area contributed by atoms with Gasteiger partial charge in [-0.05, 0) is 49.7 Å². The first kappa shape index (κ1) is 24.6. The molecule has 0 bridgehead atoms. The second kappa shape index (κ2) is 10.3. The first-order valence-corrected chi connectivity index (χ1v) is 11.1. The fourth-order valence-electron chi connectivity index (χ4n) is 3.32. The van der Waals surface area contributed by atoms with Crippen molar-refractivity contribution < 1.29 is 14.0 Å². The highest BCUT2D eigenvalue weighted by molar-refractivity contribution is 6.66. The number of methoxy groups -OCH3 is 2. The number of fused-ring (bicyclic) bond motifs is 1. The molecule has 1 aromatic carbocycles. The number of rotatable bonds is 3. The Morgan fingerprint density at radius 1 is 1.00 bits per heavy atom. The SMILES string of the molecule is COC1=CC2N=C(Cl)N=C(Nc3ccc(C)cc3)C2C=C1OC.Cc1cc(C(C)(C)C)on1. The van der Waals surface area contributed by atoms with Crippen LogP contribution in [0.5, 0.6) is 0 Å². The van der Waals surface area contributed by atoms with E-state index in [4.69, 9.17) is 25.6 Å². The summed E-state index contributed by atoms with van der Waals surface area (Å²) in [6.45, 7) is 10.3. The summed E-state index contributed by atoms with van der Waals surface area (Å²) in [5.74, 6) is 2.93. The fraction of sp³-hybridized carbons (Fsp3) is 0.400. The van der Waals surface area contributed by atoms with Gasteiger partial charge in [-0.1, -0.05) is 43.6 Å². The summed E-state index contributed by atoms with van der Waals surface area (Å²) >= 11 is 6.08. The molecule has 1 aliphatic heterocycles. The Morgan fingerprint density at radius 2 is 1.64 bits per heavy atom. The molecule has 0 saturated carbocycles. The predicted molar refractivity (Wildman–Crippen MR) is 133 cm³/mol. The molecular formula is C25H31ClN4O3. The van der Waals surface area contributed by atoms with Gasteiger partial charge in [0, 0.05) is 17.2 Å². The van der Waals surface area contributed by atoms with Crippen LogP contribution in [0.2, 0.25) is 0 Å². The lowest BCUT2D eigenvalue weighted by atomic mass is 9.91. The van der Waals surface area contributed by atoms with Gasteiger partial charge in [0.15, 0.2) is 11.5 Å². The fourth-order valence-corrected chi connectivity index (χ4v) is 3.52. The largest absolute Gasteiger partial charge is 0.493 e. The van der Waals surface area contributed by atoms with Gasteiger partial charge in [0.2, 0.25) is 5.29 Å². The molecule has 0 spiro atoms. The third-order valence-electron chi connectivity index (χ3n) is 5.18. The van der Waals surface area contributed by atoms with E-state index in [1.807, 2.05) is 56.3 Å². The quantitative estimate of drug-likeness (QED) is 0.577. The maximum atomic E-state index is 6.08. The van der Waals surface area contributed by atoms with Crippen LogP contribution in [0.3, 0.4) is 0 Å².